The van der Waals surface area contributed by atoms with Crippen LogP contribution < -0.4 is 10.2 Å². The van der Waals surface area contributed by atoms with Crippen LogP contribution in [0.3, 0.4) is 0 Å². The molecule has 1 heterocycles. The van der Waals surface area contributed by atoms with Gasteiger partial charge in [-0.1, -0.05) is 0 Å². The first-order valence-corrected chi connectivity index (χ1v) is 3.98. The molecular weight excluding hydrogens is 237 g/mol. The molecule has 0 saturated heterocycles. The topological polar surface area (TPSA) is 42.1 Å². The maximum Gasteiger partial charge on any atom is 0.573 e. The van der Waals surface area contributed by atoms with Gasteiger partial charge in [-0.2, -0.15) is 0 Å². The molecule has 8 heteroatoms. The fraction of sp³-hybridized carbons (Fsp3) is 0.375. The minimum Gasteiger partial charge on any atom is -0.400 e. The third-order valence-electron chi connectivity index (χ3n) is 1.77. The van der Waals surface area contributed by atoms with Gasteiger partial charge in [0, 0.05) is 11.8 Å². The summed E-state index contributed by atoms with van der Waals surface area (Å²) in [4.78, 5) is 13.1. The van der Waals surface area contributed by atoms with Crippen LogP contribution in [0.2, 0.25) is 0 Å². The van der Waals surface area contributed by atoms with Gasteiger partial charge < -0.3 is 9.72 Å². The van der Waals surface area contributed by atoms with E-state index in [4.69, 9.17) is 0 Å². The molecule has 0 fully saturated rings. The maximum absolute atomic E-state index is 12.2. The van der Waals surface area contributed by atoms with Crippen molar-refractivity contribution in [3.63, 3.8) is 0 Å². The van der Waals surface area contributed by atoms with Crippen LogP contribution in [0.15, 0.2) is 11.0 Å². The van der Waals surface area contributed by atoms with Crippen LogP contribution in [-0.4, -0.2) is 11.3 Å². The number of aromatic nitrogens is 1. The average Bonchev–Trinajstić information content (AvgIpc) is 2.10. The van der Waals surface area contributed by atoms with E-state index in [1.54, 1.807) is 0 Å². The monoisotopic (exact) mass is 243 g/mol. The number of hydrogen-bond donors (Lipinski definition) is 1. The molecule has 3 nitrogen and oxygen atoms in total. The van der Waals surface area contributed by atoms with E-state index in [1.807, 2.05) is 4.98 Å². The summed E-state index contributed by atoms with van der Waals surface area (Å²) >= 11 is 0. The van der Waals surface area contributed by atoms with Crippen LogP contribution in [0.5, 0.6) is 5.75 Å². The van der Waals surface area contributed by atoms with Gasteiger partial charge in [0.25, 0.3) is 6.43 Å². The summed E-state index contributed by atoms with van der Waals surface area (Å²) in [6, 6.07) is 0. The molecule has 0 radical (unpaired) electrons. The lowest BCUT2D eigenvalue weighted by molar-refractivity contribution is -0.275. The van der Waals surface area contributed by atoms with E-state index in [0.717, 1.165) is 6.92 Å². The number of H-pyrrole nitrogens is 1. The first-order valence-electron chi connectivity index (χ1n) is 3.98. The van der Waals surface area contributed by atoms with Crippen molar-refractivity contribution >= 4 is 0 Å². The molecule has 0 aliphatic carbocycles. The molecular formula is C8H6F5NO2. The van der Waals surface area contributed by atoms with Crippen molar-refractivity contribution < 1.29 is 26.7 Å². The predicted octanol–water partition coefficient (Wildman–Crippen LogP) is 2.52. The van der Waals surface area contributed by atoms with E-state index in [9.17, 15) is 26.7 Å². The molecule has 0 saturated carbocycles. The van der Waals surface area contributed by atoms with Crippen LogP contribution in [-0.2, 0) is 0 Å². The lowest BCUT2D eigenvalue weighted by Gasteiger charge is -2.10. The highest BCUT2D eigenvalue weighted by molar-refractivity contribution is 5.29. The lowest BCUT2D eigenvalue weighted by Crippen LogP contribution is -2.23. The van der Waals surface area contributed by atoms with Gasteiger partial charge in [-0.15, -0.1) is 13.2 Å². The van der Waals surface area contributed by atoms with Gasteiger partial charge in [-0.3, -0.25) is 4.79 Å². The standard InChI is InChI=1S/C8H6F5NO2/c1-3-5(7(9)10)14-2-4(6(3)15)16-8(11,12)13/h2,7H,1H3,(H,14,15). The molecule has 1 aromatic rings. The van der Waals surface area contributed by atoms with Crippen molar-refractivity contribution in [3.8, 4) is 5.75 Å². The van der Waals surface area contributed by atoms with E-state index >= 15 is 0 Å². The van der Waals surface area contributed by atoms with Crippen LogP contribution in [0, 0.1) is 6.92 Å². The molecule has 0 bridgehead atoms. The second kappa shape index (κ2) is 4.11. The Hall–Kier alpha value is -1.60. The summed E-state index contributed by atoms with van der Waals surface area (Å²) in [5, 5.41) is 0. The zero-order chi connectivity index (χ0) is 12.5. The summed E-state index contributed by atoms with van der Waals surface area (Å²) in [6.07, 6.45) is -7.54. The zero-order valence-corrected chi connectivity index (χ0v) is 7.86. The second-order valence-corrected chi connectivity index (χ2v) is 2.87. The number of hydrogen-bond acceptors (Lipinski definition) is 2. The van der Waals surface area contributed by atoms with Gasteiger partial charge in [-0.25, -0.2) is 8.78 Å². The van der Waals surface area contributed by atoms with E-state index in [1.165, 1.54) is 0 Å². The molecule has 0 unspecified atom stereocenters. The number of pyridine rings is 1. The molecule has 0 atom stereocenters. The molecule has 0 amide bonds. The van der Waals surface area contributed by atoms with Crippen LogP contribution in [0.1, 0.15) is 17.7 Å². The van der Waals surface area contributed by atoms with Crippen LogP contribution in [0.4, 0.5) is 22.0 Å². The molecule has 90 valence electrons. The predicted molar refractivity (Wildman–Crippen MR) is 43.4 cm³/mol. The average molecular weight is 243 g/mol. The Morgan fingerprint density at radius 1 is 1.38 bits per heavy atom. The number of halogens is 5. The van der Waals surface area contributed by atoms with E-state index in [-0.39, 0.29) is 0 Å². The van der Waals surface area contributed by atoms with Crippen LogP contribution in [0.25, 0.3) is 0 Å². The van der Waals surface area contributed by atoms with Gasteiger partial charge in [0.15, 0.2) is 5.75 Å². The molecule has 0 spiro atoms. The Kier molecular flexibility index (Phi) is 3.20. The molecule has 0 aliphatic rings. The summed E-state index contributed by atoms with van der Waals surface area (Å²) in [5.41, 5.74) is -2.44. The van der Waals surface area contributed by atoms with Crippen molar-refractivity contribution in [3.05, 3.63) is 27.7 Å². The van der Waals surface area contributed by atoms with Gasteiger partial charge in [0.1, 0.15) is 0 Å². The van der Waals surface area contributed by atoms with Crippen molar-refractivity contribution in [2.45, 2.75) is 19.7 Å². The van der Waals surface area contributed by atoms with Crippen molar-refractivity contribution in [2.75, 3.05) is 0 Å². The van der Waals surface area contributed by atoms with Crippen LogP contribution >= 0.6 is 0 Å². The molecule has 1 rings (SSSR count). The quantitative estimate of drug-likeness (QED) is 0.811. The minimum absolute atomic E-state index is 0.463. The van der Waals surface area contributed by atoms with E-state index < -0.39 is 35.2 Å². The largest absolute Gasteiger partial charge is 0.573 e. The minimum atomic E-state index is -5.04. The Bertz CT molecular complexity index is 437. The first kappa shape index (κ1) is 12.5. The van der Waals surface area contributed by atoms with Gasteiger partial charge in [0.05, 0.1) is 5.69 Å². The number of rotatable bonds is 2. The summed E-state index contributed by atoms with van der Waals surface area (Å²) in [6.45, 7) is 0.990. The first-order chi connectivity index (χ1) is 7.22. The molecule has 0 aromatic carbocycles. The molecule has 16 heavy (non-hydrogen) atoms. The normalized spacial score (nSPS) is 11.9. The molecule has 1 aromatic heterocycles. The molecule has 1 N–H and O–H groups in total. The smallest absolute Gasteiger partial charge is 0.400 e. The fourth-order valence-electron chi connectivity index (χ4n) is 1.05. The highest BCUT2D eigenvalue weighted by Crippen LogP contribution is 2.23. The fourth-order valence-corrected chi connectivity index (χ4v) is 1.05. The SMILES string of the molecule is Cc1c(C(F)F)[nH]cc(OC(F)(F)F)c1=O. The number of ether oxygens (including phenoxy) is 1. The van der Waals surface area contributed by atoms with Crippen molar-refractivity contribution in [1.82, 2.24) is 4.98 Å². The third kappa shape index (κ3) is 2.71. The van der Waals surface area contributed by atoms with Crippen molar-refractivity contribution in [1.29, 1.82) is 0 Å². The Morgan fingerprint density at radius 3 is 2.38 bits per heavy atom. The summed E-state index contributed by atoms with van der Waals surface area (Å²) < 4.78 is 63.2. The molecule has 0 aliphatic heterocycles. The third-order valence-corrected chi connectivity index (χ3v) is 1.77. The van der Waals surface area contributed by atoms with E-state index in [0.29, 0.717) is 6.20 Å². The van der Waals surface area contributed by atoms with Gasteiger partial charge in [0.2, 0.25) is 5.43 Å². The number of aromatic amines is 1. The lowest BCUT2D eigenvalue weighted by atomic mass is 10.2. The Balaban J connectivity index is 3.18. The zero-order valence-electron chi connectivity index (χ0n) is 7.86. The highest BCUT2D eigenvalue weighted by atomic mass is 19.4. The second-order valence-electron chi connectivity index (χ2n) is 2.87. The summed E-state index contributed by atoms with van der Waals surface area (Å²) in [7, 11) is 0. The van der Waals surface area contributed by atoms with Gasteiger partial charge in [-0.05, 0) is 6.92 Å². The van der Waals surface area contributed by atoms with Gasteiger partial charge >= 0.3 is 6.36 Å². The van der Waals surface area contributed by atoms with Crippen molar-refractivity contribution in [2.24, 2.45) is 0 Å². The maximum atomic E-state index is 12.2. The number of nitrogens with one attached hydrogen (secondary N) is 1. The number of alkyl halides is 5. The Morgan fingerprint density at radius 2 is 1.94 bits per heavy atom. The summed E-state index contributed by atoms with van der Waals surface area (Å²) in [5.74, 6) is -1.06. The highest BCUT2D eigenvalue weighted by Gasteiger charge is 2.32. The van der Waals surface area contributed by atoms with E-state index in [2.05, 4.69) is 4.74 Å². The Labute approximate surface area is 85.8 Å².